The first-order valence-electron chi connectivity index (χ1n) is 6.46. The number of rotatable bonds is 3. The fraction of sp³-hybridized carbons (Fsp3) is 0.692. The zero-order chi connectivity index (χ0) is 13.2. The molecule has 1 aliphatic carbocycles. The molecule has 1 aliphatic rings. The SMILES string of the molecule is Cc1ncsc1CNC(=O)C1CCCCC1(C)N. The molecule has 1 amide bonds. The number of nitrogens with one attached hydrogen (secondary N) is 1. The molecule has 0 spiro atoms. The third kappa shape index (κ3) is 2.90. The maximum atomic E-state index is 12.2. The zero-order valence-electron chi connectivity index (χ0n) is 11.0. The van der Waals surface area contributed by atoms with Crippen LogP contribution in [0.4, 0.5) is 0 Å². The van der Waals surface area contributed by atoms with Gasteiger partial charge in [-0.05, 0) is 26.7 Å². The lowest BCUT2D eigenvalue weighted by atomic mass is 9.74. The number of thiazole rings is 1. The minimum absolute atomic E-state index is 0.0560. The fourth-order valence-corrected chi connectivity index (χ4v) is 3.29. The second-order valence-electron chi connectivity index (χ2n) is 5.38. The number of carbonyl (C=O) groups is 1. The van der Waals surface area contributed by atoms with Gasteiger partial charge in [0.1, 0.15) is 0 Å². The molecule has 5 heteroatoms. The van der Waals surface area contributed by atoms with Crippen molar-refractivity contribution in [3.8, 4) is 0 Å². The second kappa shape index (κ2) is 5.36. The molecule has 3 N–H and O–H groups in total. The Balaban J connectivity index is 1.93. The third-order valence-corrected chi connectivity index (χ3v) is 4.77. The van der Waals surface area contributed by atoms with Crippen LogP contribution < -0.4 is 11.1 Å². The van der Waals surface area contributed by atoms with Crippen LogP contribution in [0.1, 0.15) is 43.2 Å². The minimum atomic E-state index is -0.356. The molecule has 2 atom stereocenters. The summed E-state index contributed by atoms with van der Waals surface area (Å²) >= 11 is 1.58. The Labute approximate surface area is 112 Å². The van der Waals surface area contributed by atoms with Crippen LogP contribution in [0.5, 0.6) is 0 Å². The van der Waals surface area contributed by atoms with Crippen LogP contribution in [-0.4, -0.2) is 16.4 Å². The lowest BCUT2D eigenvalue weighted by molar-refractivity contribution is -0.128. The highest BCUT2D eigenvalue weighted by molar-refractivity contribution is 7.09. The minimum Gasteiger partial charge on any atom is -0.351 e. The van der Waals surface area contributed by atoms with Gasteiger partial charge in [-0.1, -0.05) is 12.8 Å². The normalized spacial score (nSPS) is 28.1. The Morgan fingerprint density at radius 3 is 3.06 bits per heavy atom. The van der Waals surface area contributed by atoms with Gasteiger partial charge in [0.05, 0.1) is 23.7 Å². The van der Waals surface area contributed by atoms with E-state index >= 15 is 0 Å². The fourth-order valence-electron chi connectivity index (χ4n) is 2.58. The Hall–Kier alpha value is -0.940. The highest BCUT2D eigenvalue weighted by atomic mass is 32.1. The number of nitrogens with two attached hydrogens (primary N) is 1. The molecule has 0 radical (unpaired) electrons. The van der Waals surface area contributed by atoms with Gasteiger partial charge in [0.2, 0.25) is 5.91 Å². The van der Waals surface area contributed by atoms with E-state index in [-0.39, 0.29) is 17.4 Å². The zero-order valence-corrected chi connectivity index (χ0v) is 11.8. The molecule has 2 unspecified atom stereocenters. The number of amides is 1. The van der Waals surface area contributed by atoms with E-state index in [2.05, 4.69) is 10.3 Å². The van der Waals surface area contributed by atoms with Crippen LogP contribution >= 0.6 is 11.3 Å². The van der Waals surface area contributed by atoms with Crippen molar-refractivity contribution in [2.24, 2.45) is 11.7 Å². The molecule has 1 fully saturated rings. The smallest absolute Gasteiger partial charge is 0.225 e. The number of aryl methyl sites for hydroxylation is 1. The van der Waals surface area contributed by atoms with Crippen molar-refractivity contribution in [1.29, 1.82) is 0 Å². The largest absolute Gasteiger partial charge is 0.351 e. The molecule has 100 valence electrons. The van der Waals surface area contributed by atoms with Gasteiger partial charge >= 0.3 is 0 Å². The molecule has 1 aromatic rings. The molecule has 0 bridgehead atoms. The Kier molecular flexibility index (Phi) is 4.02. The molecule has 18 heavy (non-hydrogen) atoms. The van der Waals surface area contributed by atoms with Crippen molar-refractivity contribution < 1.29 is 4.79 Å². The first kappa shape index (κ1) is 13.5. The Morgan fingerprint density at radius 2 is 2.44 bits per heavy atom. The van der Waals surface area contributed by atoms with E-state index in [1.54, 1.807) is 11.3 Å². The predicted octanol–water partition coefficient (Wildman–Crippen LogP) is 1.98. The monoisotopic (exact) mass is 267 g/mol. The van der Waals surface area contributed by atoms with Gasteiger partial charge in [0.25, 0.3) is 0 Å². The average Bonchev–Trinajstić information content (AvgIpc) is 2.71. The van der Waals surface area contributed by atoms with Crippen molar-refractivity contribution in [2.45, 2.75) is 51.6 Å². The third-order valence-electron chi connectivity index (χ3n) is 3.84. The summed E-state index contributed by atoms with van der Waals surface area (Å²) in [5.74, 6) is 0.0342. The van der Waals surface area contributed by atoms with E-state index in [0.29, 0.717) is 6.54 Å². The summed E-state index contributed by atoms with van der Waals surface area (Å²) in [4.78, 5) is 17.5. The highest BCUT2D eigenvalue weighted by Crippen LogP contribution is 2.31. The van der Waals surface area contributed by atoms with Crippen molar-refractivity contribution in [2.75, 3.05) is 0 Å². The number of hydrogen-bond donors (Lipinski definition) is 2. The number of hydrogen-bond acceptors (Lipinski definition) is 4. The van der Waals surface area contributed by atoms with Crippen LogP contribution in [-0.2, 0) is 11.3 Å². The van der Waals surface area contributed by atoms with E-state index < -0.39 is 0 Å². The van der Waals surface area contributed by atoms with Gasteiger partial charge in [-0.3, -0.25) is 4.79 Å². The summed E-state index contributed by atoms with van der Waals surface area (Å²) in [6.07, 6.45) is 4.07. The van der Waals surface area contributed by atoms with Gasteiger partial charge in [-0.15, -0.1) is 11.3 Å². The summed E-state index contributed by atoms with van der Waals surface area (Å²) < 4.78 is 0. The van der Waals surface area contributed by atoms with Crippen molar-refractivity contribution in [1.82, 2.24) is 10.3 Å². The van der Waals surface area contributed by atoms with E-state index in [1.807, 2.05) is 19.4 Å². The first-order valence-corrected chi connectivity index (χ1v) is 7.34. The number of aromatic nitrogens is 1. The molecule has 0 aliphatic heterocycles. The van der Waals surface area contributed by atoms with Crippen LogP contribution in [0, 0.1) is 12.8 Å². The topological polar surface area (TPSA) is 68.0 Å². The van der Waals surface area contributed by atoms with Crippen molar-refractivity contribution >= 4 is 17.2 Å². The Bertz CT molecular complexity index is 428. The van der Waals surface area contributed by atoms with Gasteiger partial charge < -0.3 is 11.1 Å². The summed E-state index contributed by atoms with van der Waals surface area (Å²) in [6, 6.07) is 0. The predicted molar refractivity (Wildman–Crippen MR) is 73.2 cm³/mol. The molecular weight excluding hydrogens is 246 g/mol. The van der Waals surface area contributed by atoms with Crippen LogP contribution in [0.3, 0.4) is 0 Å². The van der Waals surface area contributed by atoms with Crippen LogP contribution in [0.25, 0.3) is 0 Å². The first-order chi connectivity index (χ1) is 8.50. The quantitative estimate of drug-likeness (QED) is 0.880. The molecule has 1 saturated carbocycles. The lowest BCUT2D eigenvalue weighted by Gasteiger charge is -2.37. The molecular formula is C13H21N3OS. The maximum Gasteiger partial charge on any atom is 0.225 e. The molecule has 0 saturated heterocycles. The molecule has 2 rings (SSSR count). The van der Waals surface area contributed by atoms with Gasteiger partial charge in [0, 0.05) is 10.4 Å². The Morgan fingerprint density at radius 1 is 1.67 bits per heavy atom. The van der Waals surface area contributed by atoms with Crippen molar-refractivity contribution in [3.05, 3.63) is 16.1 Å². The van der Waals surface area contributed by atoms with Gasteiger partial charge in [0.15, 0.2) is 0 Å². The van der Waals surface area contributed by atoms with E-state index in [9.17, 15) is 4.79 Å². The lowest BCUT2D eigenvalue weighted by Crippen LogP contribution is -2.52. The summed E-state index contributed by atoms with van der Waals surface area (Å²) in [7, 11) is 0. The number of nitrogens with zero attached hydrogens (tertiary/aromatic N) is 1. The van der Waals surface area contributed by atoms with E-state index in [1.165, 1.54) is 0 Å². The summed E-state index contributed by atoms with van der Waals surface area (Å²) in [5.41, 5.74) is 8.68. The molecule has 0 aromatic carbocycles. The van der Waals surface area contributed by atoms with E-state index in [0.717, 1.165) is 36.3 Å². The molecule has 1 heterocycles. The molecule has 1 aromatic heterocycles. The number of carbonyl (C=O) groups excluding carboxylic acids is 1. The highest BCUT2D eigenvalue weighted by Gasteiger charge is 2.37. The van der Waals surface area contributed by atoms with Crippen LogP contribution in [0.15, 0.2) is 5.51 Å². The van der Waals surface area contributed by atoms with Gasteiger partial charge in [-0.25, -0.2) is 4.98 Å². The average molecular weight is 267 g/mol. The molecule has 4 nitrogen and oxygen atoms in total. The van der Waals surface area contributed by atoms with Gasteiger partial charge in [-0.2, -0.15) is 0 Å². The van der Waals surface area contributed by atoms with Crippen LogP contribution in [0.2, 0.25) is 0 Å². The second-order valence-corrected chi connectivity index (χ2v) is 6.32. The van der Waals surface area contributed by atoms with Crippen molar-refractivity contribution in [3.63, 3.8) is 0 Å². The summed E-state index contributed by atoms with van der Waals surface area (Å²) in [5, 5.41) is 3.00. The maximum absolute atomic E-state index is 12.2. The van der Waals surface area contributed by atoms with E-state index in [4.69, 9.17) is 5.73 Å². The standard InChI is InChI=1S/C13H21N3OS/c1-9-11(18-8-16-9)7-15-12(17)10-5-3-4-6-13(10,2)14/h8,10H,3-7,14H2,1-2H3,(H,15,17). The summed E-state index contributed by atoms with van der Waals surface area (Å²) in [6.45, 7) is 4.53.